The van der Waals surface area contributed by atoms with E-state index < -0.39 is 16.9 Å². The third kappa shape index (κ3) is 3.17. The number of carbonyl (C=O) groups excluding carboxylic acids is 1. The Morgan fingerprint density at radius 3 is 2.58 bits per heavy atom. The Hall–Kier alpha value is -1.32. The quantitative estimate of drug-likeness (QED) is 0.496. The number of hydrogen-bond acceptors (Lipinski definition) is 5. The summed E-state index contributed by atoms with van der Waals surface area (Å²) in [7, 11) is 0. The molecule has 0 aliphatic rings. The van der Waals surface area contributed by atoms with Crippen LogP contribution in [0.25, 0.3) is 0 Å². The van der Waals surface area contributed by atoms with Crippen LogP contribution in [0.4, 0.5) is 0 Å². The highest BCUT2D eigenvalue weighted by Crippen LogP contribution is 2.33. The van der Waals surface area contributed by atoms with Gasteiger partial charge in [-0.05, 0) is 24.6 Å². The Balaban J connectivity index is 3.15. The zero-order chi connectivity index (χ0) is 14.5. The lowest BCUT2D eigenvalue weighted by Gasteiger charge is -2.27. The molecule has 0 aliphatic carbocycles. The van der Waals surface area contributed by atoms with Crippen molar-refractivity contribution in [1.82, 2.24) is 5.48 Å². The number of benzene rings is 1. The van der Waals surface area contributed by atoms with Gasteiger partial charge in [0.15, 0.2) is 0 Å². The Labute approximate surface area is 120 Å². The lowest BCUT2D eigenvalue weighted by molar-refractivity contribution is -0.152. The molecular weight excluding hydrogens is 291 g/mol. The minimum atomic E-state index is -2.08. The van der Waals surface area contributed by atoms with Crippen LogP contribution >= 0.6 is 23.2 Å². The Kier molecular flexibility index (Phi) is 5.58. The van der Waals surface area contributed by atoms with Gasteiger partial charge in [0, 0.05) is 5.02 Å². The summed E-state index contributed by atoms with van der Waals surface area (Å²) in [4.78, 5) is 11.8. The van der Waals surface area contributed by atoms with Crippen molar-refractivity contribution in [3.05, 3.63) is 34.9 Å². The predicted molar refractivity (Wildman–Crippen MR) is 69.9 cm³/mol. The summed E-state index contributed by atoms with van der Waals surface area (Å²) in [5.74, 6) is -0.949. The van der Waals surface area contributed by atoms with Crippen molar-refractivity contribution in [1.29, 1.82) is 5.26 Å². The summed E-state index contributed by atoms with van der Waals surface area (Å²) in [6.45, 7) is 1.65. The number of ether oxygens (including phenoxy) is 1. The standard InChI is InChI=1S/C12H12Cl2N2O3/c1-2-19-11(17)12(7-15,16-18)10(14)8-3-5-9(13)6-4-8/h3-6,10,16,18H,2H2,1H3. The fourth-order valence-corrected chi connectivity index (χ4v) is 1.92. The van der Waals surface area contributed by atoms with Gasteiger partial charge in [0.25, 0.3) is 0 Å². The van der Waals surface area contributed by atoms with Crippen LogP contribution in [0.2, 0.25) is 5.02 Å². The third-order valence-corrected chi connectivity index (χ3v) is 3.32. The van der Waals surface area contributed by atoms with Crippen LogP contribution in [0.1, 0.15) is 17.9 Å². The molecular formula is C12H12Cl2N2O3. The lowest BCUT2D eigenvalue weighted by atomic mass is 9.92. The zero-order valence-corrected chi connectivity index (χ0v) is 11.6. The van der Waals surface area contributed by atoms with Crippen LogP contribution in [0, 0.1) is 11.3 Å². The zero-order valence-electron chi connectivity index (χ0n) is 10.1. The highest BCUT2D eigenvalue weighted by molar-refractivity contribution is 6.30. The Morgan fingerprint density at radius 1 is 1.58 bits per heavy atom. The van der Waals surface area contributed by atoms with Crippen molar-refractivity contribution in [3.63, 3.8) is 0 Å². The van der Waals surface area contributed by atoms with Crippen molar-refractivity contribution in [2.45, 2.75) is 17.8 Å². The smallest absolute Gasteiger partial charge is 0.345 e. The molecule has 0 spiro atoms. The summed E-state index contributed by atoms with van der Waals surface area (Å²) >= 11 is 11.9. The first-order valence-corrected chi connectivity index (χ1v) is 6.22. The van der Waals surface area contributed by atoms with E-state index in [2.05, 4.69) is 0 Å². The minimum Gasteiger partial charge on any atom is -0.464 e. The van der Waals surface area contributed by atoms with E-state index in [1.54, 1.807) is 42.7 Å². The van der Waals surface area contributed by atoms with E-state index in [1.165, 1.54) is 0 Å². The van der Waals surface area contributed by atoms with Gasteiger partial charge >= 0.3 is 5.97 Å². The van der Waals surface area contributed by atoms with Crippen molar-refractivity contribution in [2.24, 2.45) is 0 Å². The van der Waals surface area contributed by atoms with Gasteiger partial charge in [-0.1, -0.05) is 23.7 Å². The van der Waals surface area contributed by atoms with Crippen LogP contribution in [0.3, 0.4) is 0 Å². The van der Waals surface area contributed by atoms with E-state index in [0.717, 1.165) is 0 Å². The molecule has 1 rings (SSSR count). The van der Waals surface area contributed by atoms with Crippen molar-refractivity contribution in [3.8, 4) is 6.07 Å². The highest BCUT2D eigenvalue weighted by atomic mass is 35.5. The largest absolute Gasteiger partial charge is 0.464 e. The second kappa shape index (κ2) is 6.73. The first kappa shape index (κ1) is 15.7. The number of carbonyl (C=O) groups is 1. The van der Waals surface area contributed by atoms with E-state index in [1.807, 2.05) is 0 Å². The third-order valence-electron chi connectivity index (χ3n) is 2.49. The SMILES string of the molecule is CCOC(=O)C(C#N)(NO)C(Cl)c1ccc(Cl)cc1. The van der Waals surface area contributed by atoms with Gasteiger partial charge in [-0.15, -0.1) is 11.6 Å². The molecule has 1 aromatic carbocycles. The maximum Gasteiger partial charge on any atom is 0.345 e. The van der Waals surface area contributed by atoms with E-state index in [9.17, 15) is 15.3 Å². The van der Waals surface area contributed by atoms with Crippen LogP contribution in [0.15, 0.2) is 24.3 Å². The molecule has 5 nitrogen and oxygen atoms in total. The van der Waals surface area contributed by atoms with Gasteiger partial charge in [-0.25, -0.2) is 4.79 Å². The minimum absolute atomic E-state index is 0.0637. The summed E-state index contributed by atoms with van der Waals surface area (Å²) in [5, 5.41) is 17.7. The van der Waals surface area contributed by atoms with Gasteiger partial charge in [-0.2, -0.15) is 10.7 Å². The van der Waals surface area contributed by atoms with E-state index >= 15 is 0 Å². The molecule has 0 heterocycles. The van der Waals surface area contributed by atoms with Crippen LogP contribution < -0.4 is 5.48 Å². The number of nitriles is 1. The molecule has 0 saturated carbocycles. The predicted octanol–water partition coefficient (Wildman–Crippen LogP) is 2.42. The normalized spacial score (nSPS) is 15.1. The average molecular weight is 303 g/mol. The molecule has 2 atom stereocenters. The number of hydrogen-bond donors (Lipinski definition) is 2. The first-order valence-electron chi connectivity index (χ1n) is 5.41. The fraction of sp³-hybridized carbons (Fsp3) is 0.333. The van der Waals surface area contributed by atoms with E-state index in [-0.39, 0.29) is 6.61 Å². The number of nitrogens with zero attached hydrogens (tertiary/aromatic N) is 1. The van der Waals surface area contributed by atoms with Gasteiger partial charge in [0.1, 0.15) is 11.4 Å². The van der Waals surface area contributed by atoms with Gasteiger partial charge in [-0.3, -0.25) is 0 Å². The van der Waals surface area contributed by atoms with E-state index in [4.69, 9.17) is 27.9 Å². The van der Waals surface area contributed by atoms with Crippen LogP contribution in [-0.4, -0.2) is 23.3 Å². The molecule has 0 fully saturated rings. The van der Waals surface area contributed by atoms with E-state index in [0.29, 0.717) is 10.6 Å². The van der Waals surface area contributed by atoms with Crippen molar-refractivity contribution < 1.29 is 14.7 Å². The molecule has 19 heavy (non-hydrogen) atoms. The Morgan fingerprint density at radius 2 is 2.16 bits per heavy atom. The van der Waals surface area contributed by atoms with Crippen LogP contribution in [-0.2, 0) is 9.53 Å². The van der Waals surface area contributed by atoms with Crippen molar-refractivity contribution >= 4 is 29.2 Å². The topological polar surface area (TPSA) is 82.4 Å². The second-order valence-electron chi connectivity index (χ2n) is 3.67. The lowest BCUT2D eigenvalue weighted by Crippen LogP contribution is -2.53. The molecule has 0 bridgehead atoms. The summed E-state index contributed by atoms with van der Waals surface area (Å²) in [6, 6.07) is 7.91. The summed E-state index contributed by atoms with van der Waals surface area (Å²) in [6.07, 6.45) is 0. The van der Waals surface area contributed by atoms with Gasteiger partial charge in [0.2, 0.25) is 5.54 Å². The maximum atomic E-state index is 11.8. The number of hydroxylamine groups is 1. The van der Waals surface area contributed by atoms with Crippen LogP contribution in [0.5, 0.6) is 0 Å². The fourth-order valence-electron chi connectivity index (χ4n) is 1.46. The first-order chi connectivity index (χ1) is 9.01. The molecule has 0 saturated heterocycles. The van der Waals surface area contributed by atoms with Gasteiger partial charge < -0.3 is 9.94 Å². The highest BCUT2D eigenvalue weighted by Gasteiger charge is 2.48. The second-order valence-corrected chi connectivity index (χ2v) is 4.54. The molecule has 102 valence electrons. The van der Waals surface area contributed by atoms with Gasteiger partial charge in [0.05, 0.1) is 6.61 Å². The molecule has 0 aromatic heterocycles. The monoisotopic (exact) mass is 302 g/mol. The molecule has 0 amide bonds. The molecule has 2 N–H and O–H groups in total. The number of halogens is 2. The molecule has 0 aliphatic heterocycles. The summed E-state index contributed by atoms with van der Waals surface area (Å²) < 4.78 is 4.76. The number of esters is 1. The summed E-state index contributed by atoms with van der Waals surface area (Å²) in [5.41, 5.74) is 0.0306. The molecule has 1 aromatic rings. The number of rotatable bonds is 5. The molecule has 2 unspecified atom stereocenters. The molecule has 0 radical (unpaired) electrons. The Bertz CT molecular complexity index is 487. The average Bonchev–Trinajstić information content (AvgIpc) is 2.41. The van der Waals surface area contributed by atoms with Crippen molar-refractivity contribution in [2.75, 3.05) is 6.61 Å². The number of nitrogens with one attached hydrogen (secondary N) is 1. The number of alkyl halides is 1. The molecule has 7 heteroatoms. The maximum absolute atomic E-state index is 11.8.